The van der Waals surface area contributed by atoms with Crippen molar-refractivity contribution in [1.29, 1.82) is 0 Å². The number of aromatic nitrogens is 2. The molecule has 0 saturated carbocycles. The van der Waals surface area contributed by atoms with E-state index in [9.17, 15) is 4.79 Å². The number of benzene rings is 2. The molecule has 0 saturated heterocycles. The van der Waals surface area contributed by atoms with E-state index in [1.165, 1.54) is 11.0 Å². The Morgan fingerprint density at radius 1 is 1.16 bits per heavy atom. The quantitative estimate of drug-likeness (QED) is 0.343. The molecule has 0 atom stereocenters. The highest BCUT2D eigenvalue weighted by Crippen LogP contribution is 2.17. The Morgan fingerprint density at radius 3 is 2.68 bits per heavy atom. The Kier molecular flexibility index (Phi) is 4.79. The number of fused-ring (bicyclic) bond motifs is 1. The molecule has 25 heavy (non-hydrogen) atoms. The van der Waals surface area contributed by atoms with E-state index < -0.39 is 0 Å². The number of nitrogens with one attached hydrogen (secondary N) is 1. The van der Waals surface area contributed by atoms with E-state index in [4.69, 9.17) is 4.74 Å². The van der Waals surface area contributed by atoms with Crippen molar-refractivity contribution in [2.45, 2.75) is 6.92 Å². The van der Waals surface area contributed by atoms with E-state index in [0.29, 0.717) is 22.4 Å². The fourth-order valence-corrected chi connectivity index (χ4v) is 2.07. The highest BCUT2D eigenvalue weighted by molar-refractivity contribution is 5.80. The molecule has 3 rings (SSSR count). The van der Waals surface area contributed by atoms with Gasteiger partial charge in [-0.15, -0.1) is 15.3 Å². The van der Waals surface area contributed by atoms with Crippen molar-refractivity contribution in [2.24, 2.45) is 15.3 Å². The Balaban J connectivity index is 1.73. The highest BCUT2D eigenvalue weighted by atomic mass is 16.5. The number of para-hydroxylation sites is 1. The van der Waals surface area contributed by atoms with Gasteiger partial charge < -0.3 is 4.74 Å². The lowest BCUT2D eigenvalue weighted by Crippen LogP contribution is -2.26. The number of azo groups is 1. The van der Waals surface area contributed by atoms with E-state index in [0.717, 1.165) is 5.75 Å². The summed E-state index contributed by atoms with van der Waals surface area (Å²) in [7, 11) is 1.60. The predicted octanol–water partition coefficient (Wildman–Crippen LogP) is 3.07. The van der Waals surface area contributed by atoms with Crippen LogP contribution in [0, 0.1) is 0 Å². The number of nitrogens with zero attached hydrogens (tertiary/aromatic N) is 5. The van der Waals surface area contributed by atoms with Crippen LogP contribution >= 0.6 is 0 Å². The fourth-order valence-electron chi connectivity index (χ4n) is 2.07. The molecule has 1 aromatic heterocycles. The molecule has 0 aliphatic rings. The molecule has 0 spiro atoms. The Hall–Kier alpha value is -3.55. The molecule has 0 fully saturated rings. The minimum Gasteiger partial charge on any atom is -0.497 e. The number of hydrazone groups is 1. The smallest absolute Gasteiger partial charge is 0.281 e. The van der Waals surface area contributed by atoms with Crippen LogP contribution in [0.3, 0.4) is 0 Å². The Morgan fingerprint density at radius 2 is 1.92 bits per heavy atom. The van der Waals surface area contributed by atoms with Crippen LogP contribution in [0.2, 0.25) is 0 Å². The molecule has 126 valence electrons. The van der Waals surface area contributed by atoms with Crippen LogP contribution in [0.4, 0.5) is 5.69 Å². The first-order valence-corrected chi connectivity index (χ1v) is 7.50. The third-order valence-corrected chi connectivity index (χ3v) is 3.37. The largest absolute Gasteiger partial charge is 0.497 e. The molecule has 3 aromatic rings. The minimum absolute atomic E-state index is 0.241. The van der Waals surface area contributed by atoms with E-state index in [1.807, 2.05) is 6.07 Å². The predicted molar refractivity (Wildman–Crippen MR) is 96.0 cm³/mol. The summed E-state index contributed by atoms with van der Waals surface area (Å²) < 4.78 is 6.27. The molecular formula is C17H16N6O2. The molecule has 0 radical (unpaired) electrons. The number of ether oxygens (including phenoxy) is 1. The van der Waals surface area contributed by atoms with E-state index >= 15 is 0 Å². The Labute approximate surface area is 143 Å². The topological polar surface area (TPSA) is 93.2 Å². The molecule has 0 unspecified atom stereocenters. The zero-order valence-electron chi connectivity index (χ0n) is 13.7. The van der Waals surface area contributed by atoms with Crippen molar-refractivity contribution in [2.75, 3.05) is 12.6 Å². The molecule has 2 aromatic carbocycles. The number of hydrogen-bond donors (Lipinski definition) is 1. The zero-order valence-corrected chi connectivity index (χ0v) is 13.7. The van der Waals surface area contributed by atoms with Gasteiger partial charge in [0.05, 0.1) is 23.7 Å². The first-order chi connectivity index (χ1) is 12.2. The van der Waals surface area contributed by atoms with Crippen molar-refractivity contribution in [3.05, 3.63) is 65.2 Å². The van der Waals surface area contributed by atoms with Crippen LogP contribution in [0.15, 0.2) is 75.0 Å². The molecule has 0 bridgehead atoms. The summed E-state index contributed by atoms with van der Waals surface area (Å²) in [5.41, 5.74) is 3.67. The summed E-state index contributed by atoms with van der Waals surface area (Å²) in [6, 6.07) is 14.2. The number of rotatable bonds is 4. The van der Waals surface area contributed by atoms with Gasteiger partial charge in [0.1, 0.15) is 12.1 Å². The van der Waals surface area contributed by atoms with Gasteiger partial charge in [0.15, 0.2) is 5.84 Å². The van der Waals surface area contributed by atoms with Crippen LogP contribution in [0.5, 0.6) is 5.75 Å². The summed E-state index contributed by atoms with van der Waals surface area (Å²) >= 11 is 0. The van der Waals surface area contributed by atoms with Crippen molar-refractivity contribution < 1.29 is 4.74 Å². The summed E-state index contributed by atoms with van der Waals surface area (Å²) in [5.74, 6) is 1.10. The molecule has 8 nitrogen and oxygen atoms in total. The average Bonchev–Trinajstić information content (AvgIpc) is 2.66. The number of hydrogen-bond acceptors (Lipinski definition) is 6. The average molecular weight is 336 g/mol. The molecule has 1 N–H and O–H groups in total. The van der Waals surface area contributed by atoms with Gasteiger partial charge in [-0.1, -0.05) is 12.1 Å². The van der Waals surface area contributed by atoms with Crippen molar-refractivity contribution in [1.82, 2.24) is 9.66 Å². The maximum absolute atomic E-state index is 12.3. The van der Waals surface area contributed by atoms with Gasteiger partial charge in [-0.05, 0) is 43.3 Å². The van der Waals surface area contributed by atoms with Crippen LogP contribution in [0.25, 0.3) is 10.9 Å². The van der Waals surface area contributed by atoms with Crippen LogP contribution in [0.1, 0.15) is 6.92 Å². The monoisotopic (exact) mass is 336 g/mol. The minimum atomic E-state index is -0.241. The van der Waals surface area contributed by atoms with Gasteiger partial charge >= 0.3 is 0 Å². The standard InChI is InChI=1S/C17H16N6O2/c1-12(19-21-13-7-9-14(25-2)10-8-13)20-22-23-11-18-16-6-4-3-5-15(16)17(23)24/h3-11,22H,1-2H3/b20-12+,21-19?. The van der Waals surface area contributed by atoms with Gasteiger partial charge in [-0.25, -0.2) is 10.5 Å². The molecule has 0 aliphatic carbocycles. The lowest BCUT2D eigenvalue weighted by atomic mass is 10.2. The van der Waals surface area contributed by atoms with Gasteiger partial charge in [0, 0.05) is 0 Å². The molecule has 0 aliphatic heterocycles. The van der Waals surface area contributed by atoms with E-state index in [1.54, 1.807) is 56.5 Å². The van der Waals surface area contributed by atoms with Crippen LogP contribution in [-0.4, -0.2) is 22.6 Å². The van der Waals surface area contributed by atoms with Crippen LogP contribution in [-0.2, 0) is 0 Å². The van der Waals surface area contributed by atoms with Crippen molar-refractivity contribution in [3.8, 4) is 5.75 Å². The van der Waals surface area contributed by atoms with Gasteiger partial charge in [0.2, 0.25) is 0 Å². The third kappa shape index (κ3) is 3.86. The van der Waals surface area contributed by atoms with E-state index in [-0.39, 0.29) is 5.56 Å². The lowest BCUT2D eigenvalue weighted by molar-refractivity contribution is 0.415. The van der Waals surface area contributed by atoms with Gasteiger partial charge in [0.25, 0.3) is 5.56 Å². The maximum Gasteiger partial charge on any atom is 0.281 e. The summed E-state index contributed by atoms with van der Waals surface area (Å²) in [5, 5.41) is 12.6. The molecular weight excluding hydrogens is 320 g/mol. The maximum atomic E-state index is 12.3. The van der Waals surface area contributed by atoms with Crippen LogP contribution < -0.4 is 15.8 Å². The first kappa shape index (κ1) is 16.3. The second-order valence-electron chi connectivity index (χ2n) is 5.09. The molecule has 0 amide bonds. The first-order valence-electron chi connectivity index (χ1n) is 7.50. The summed E-state index contributed by atoms with van der Waals surface area (Å²) in [4.78, 5) is 16.5. The van der Waals surface area contributed by atoms with Crippen molar-refractivity contribution >= 4 is 22.4 Å². The zero-order chi connectivity index (χ0) is 17.6. The van der Waals surface area contributed by atoms with Gasteiger partial charge in [-0.3, -0.25) is 4.79 Å². The van der Waals surface area contributed by atoms with Crippen molar-refractivity contribution in [3.63, 3.8) is 0 Å². The highest BCUT2D eigenvalue weighted by Gasteiger charge is 2.02. The molecule has 1 heterocycles. The molecule has 8 heteroatoms. The Bertz CT molecular complexity index is 992. The SMILES string of the molecule is COc1ccc(N=N/C(C)=N/Nn2cnc3ccccc3c2=O)cc1. The fraction of sp³-hybridized carbons (Fsp3) is 0.118. The summed E-state index contributed by atoms with van der Waals surface area (Å²) in [6.07, 6.45) is 1.38. The van der Waals surface area contributed by atoms with E-state index in [2.05, 4.69) is 25.8 Å². The summed E-state index contributed by atoms with van der Waals surface area (Å²) in [6.45, 7) is 1.67. The third-order valence-electron chi connectivity index (χ3n) is 3.37. The second kappa shape index (κ2) is 7.35. The lowest BCUT2D eigenvalue weighted by Gasteiger charge is -2.04. The normalized spacial score (nSPS) is 11.8. The second-order valence-corrected chi connectivity index (χ2v) is 5.09. The number of methoxy groups -OCH3 is 1. The van der Waals surface area contributed by atoms with Gasteiger partial charge in [-0.2, -0.15) is 4.68 Å². The number of amidine groups is 1.